The second-order valence-corrected chi connectivity index (χ2v) is 3.30. The van der Waals surface area contributed by atoms with E-state index < -0.39 is 18.1 Å². The zero-order valence-corrected chi connectivity index (χ0v) is 7.98. The fourth-order valence-corrected chi connectivity index (χ4v) is 1.25. The molecule has 0 saturated heterocycles. The van der Waals surface area contributed by atoms with Crippen LogP contribution in [0.25, 0.3) is 0 Å². The van der Waals surface area contributed by atoms with E-state index in [0.717, 1.165) is 0 Å². The van der Waals surface area contributed by atoms with Gasteiger partial charge in [0.15, 0.2) is 6.10 Å². The molecule has 1 rings (SSSR count). The van der Waals surface area contributed by atoms with Crippen LogP contribution in [-0.4, -0.2) is 22.3 Å². The number of hydrogen-bond acceptors (Lipinski definition) is 3. The molecule has 0 saturated carbocycles. The molecule has 0 heterocycles. The van der Waals surface area contributed by atoms with Gasteiger partial charge in [-0.05, 0) is 17.7 Å². The minimum atomic E-state index is -1.62. The van der Waals surface area contributed by atoms with Crippen molar-refractivity contribution in [1.82, 2.24) is 0 Å². The maximum absolute atomic E-state index is 10.4. The molecule has 0 fully saturated rings. The van der Waals surface area contributed by atoms with Gasteiger partial charge in [-0.2, -0.15) is 0 Å². The fraction of sp³-hybridized carbons (Fsp3) is 0.222. The molecule has 1 aromatic carbocycles. The second-order valence-electron chi connectivity index (χ2n) is 2.86. The Morgan fingerprint density at radius 1 is 1.50 bits per heavy atom. The van der Waals surface area contributed by atoms with Gasteiger partial charge in [0.05, 0.1) is 6.04 Å². The molecular formula is C9H10ClNO3. The highest BCUT2D eigenvalue weighted by atomic mass is 35.5. The van der Waals surface area contributed by atoms with E-state index in [1.165, 1.54) is 6.07 Å². The van der Waals surface area contributed by atoms with Crippen LogP contribution >= 0.6 is 11.6 Å². The van der Waals surface area contributed by atoms with E-state index in [1.54, 1.807) is 18.2 Å². The zero-order chi connectivity index (χ0) is 10.7. The maximum atomic E-state index is 10.4. The lowest BCUT2D eigenvalue weighted by atomic mass is 10.0. The van der Waals surface area contributed by atoms with E-state index in [0.29, 0.717) is 10.6 Å². The Morgan fingerprint density at radius 3 is 2.64 bits per heavy atom. The summed E-state index contributed by atoms with van der Waals surface area (Å²) in [5.74, 6) is -1.35. The van der Waals surface area contributed by atoms with E-state index in [-0.39, 0.29) is 0 Å². The second kappa shape index (κ2) is 4.41. The molecule has 0 aliphatic heterocycles. The van der Waals surface area contributed by atoms with Crippen molar-refractivity contribution in [3.63, 3.8) is 0 Å². The van der Waals surface area contributed by atoms with E-state index in [2.05, 4.69) is 0 Å². The van der Waals surface area contributed by atoms with Crippen molar-refractivity contribution < 1.29 is 15.0 Å². The largest absolute Gasteiger partial charge is 0.479 e. The molecule has 14 heavy (non-hydrogen) atoms. The monoisotopic (exact) mass is 215 g/mol. The summed E-state index contributed by atoms with van der Waals surface area (Å²) < 4.78 is 0. The number of benzene rings is 1. The lowest BCUT2D eigenvalue weighted by molar-refractivity contribution is -0.147. The van der Waals surface area contributed by atoms with Crippen molar-refractivity contribution in [2.45, 2.75) is 12.1 Å². The van der Waals surface area contributed by atoms with Crippen LogP contribution in [-0.2, 0) is 4.79 Å². The summed E-state index contributed by atoms with van der Waals surface area (Å²) in [7, 11) is 0. The smallest absolute Gasteiger partial charge is 0.334 e. The molecule has 0 radical (unpaired) electrons. The van der Waals surface area contributed by atoms with Gasteiger partial charge in [0.1, 0.15) is 0 Å². The number of rotatable bonds is 3. The summed E-state index contributed by atoms with van der Waals surface area (Å²) >= 11 is 5.69. The summed E-state index contributed by atoms with van der Waals surface area (Å²) in [4.78, 5) is 10.4. The van der Waals surface area contributed by atoms with Crippen LogP contribution in [0.4, 0.5) is 0 Å². The normalized spacial score (nSPS) is 14.8. The molecular weight excluding hydrogens is 206 g/mol. The lowest BCUT2D eigenvalue weighted by Crippen LogP contribution is -2.33. The number of nitrogens with two attached hydrogens (primary N) is 1. The first-order valence-corrected chi connectivity index (χ1v) is 4.32. The number of aliphatic hydroxyl groups is 1. The molecule has 1 aromatic rings. The molecule has 0 amide bonds. The van der Waals surface area contributed by atoms with Crippen molar-refractivity contribution in [3.8, 4) is 0 Å². The number of carboxylic acid groups (broad SMARTS) is 1. The van der Waals surface area contributed by atoms with E-state index in [4.69, 9.17) is 22.4 Å². The van der Waals surface area contributed by atoms with Crippen molar-refractivity contribution in [3.05, 3.63) is 34.9 Å². The maximum Gasteiger partial charge on any atom is 0.334 e. The molecule has 5 heteroatoms. The average molecular weight is 216 g/mol. The SMILES string of the molecule is N[C@@H](c1cccc(Cl)c1)[C@H](O)C(=O)O. The Hall–Kier alpha value is -1.10. The minimum Gasteiger partial charge on any atom is -0.479 e. The fourth-order valence-electron chi connectivity index (χ4n) is 1.05. The molecule has 0 spiro atoms. The van der Waals surface area contributed by atoms with Crippen LogP contribution in [0.1, 0.15) is 11.6 Å². The topological polar surface area (TPSA) is 83.5 Å². The van der Waals surface area contributed by atoms with Gasteiger partial charge in [0.2, 0.25) is 0 Å². The summed E-state index contributed by atoms with van der Waals surface area (Å²) in [5.41, 5.74) is 6.01. The van der Waals surface area contributed by atoms with Gasteiger partial charge in [0, 0.05) is 5.02 Å². The molecule has 0 bridgehead atoms. The van der Waals surface area contributed by atoms with Gasteiger partial charge in [-0.25, -0.2) is 4.79 Å². The molecule has 0 aromatic heterocycles. The third kappa shape index (κ3) is 2.45. The van der Waals surface area contributed by atoms with Gasteiger partial charge in [-0.1, -0.05) is 23.7 Å². The summed E-state index contributed by atoms with van der Waals surface area (Å²) in [5, 5.41) is 18.1. The predicted octanol–water partition coefficient (Wildman–Crippen LogP) is 0.785. The first-order chi connectivity index (χ1) is 6.52. The molecule has 0 aliphatic rings. The van der Waals surface area contributed by atoms with Gasteiger partial charge in [-0.3, -0.25) is 0 Å². The van der Waals surface area contributed by atoms with Crippen LogP contribution in [0.15, 0.2) is 24.3 Å². The Kier molecular flexibility index (Phi) is 3.46. The zero-order valence-electron chi connectivity index (χ0n) is 7.22. The minimum absolute atomic E-state index is 0.454. The van der Waals surface area contributed by atoms with Crippen LogP contribution < -0.4 is 5.73 Å². The number of carboxylic acids is 1. The molecule has 4 nitrogen and oxygen atoms in total. The van der Waals surface area contributed by atoms with E-state index >= 15 is 0 Å². The average Bonchev–Trinajstić information content (AvgIpc) is 2.15. The van der Waals surface area contributed by atoms with E-state index in [9.17, 15) is 9.90 Å². The summed E-state index contributed by atoms with van der Waals surface area (Å²) in [6.07, 6.45) is -1.62. The number of halogens is 1. The quantitative estimate of drug-likeness (QED) is 0.696. The Labute approximate surface area is 85.9 Å². The summed E-state index contributed by atoms with van der Waals surface area (Å²) in [6.45, 7) is 0. The molecule has 2 atom stereocenters. The van der Waals surface area contributed by atoms with Crippen LogP contribution in [0, 0.1) is 0 Å². The highest BCUT2D eigenvalue weighted by molar-refractivity contribution is 6.30. The van der Waals surface area contributed by atoms with Gasteiger partial charge in [-0.15, -0.1) is 0 Å². The predicted molar refractivity (Wildman–Crippen MR) is 52.0 cm³/mol. The third-order valence-electron chi connectivity index (χ3n) is 1.83. The summed E-state index contributed by atoms with van der Waals surface area (Å²) in [6, 6.07) is 5.46. The van der Waals surface area contributed by atoms with Crippen molar-refractivity contribution >= 4 is 17.6 Å². The Morgan fingerprint density at radius 2 is 2.14 bits per heavy atom. The van der Waals surface area contributed by atoms with Crippen LogP contribution in [0.5, 0.6) is 0 Å². The molecule has 0 aliphatic carbocycles. The van der Waals surface area contributed by atoms with Gasteiger partial charge < -0.3 is 15.9 Å². The number of aliphatic hydroxyl groups excluding tert-OH is 1. The molecule has 0 unspecified atom stereocenters. The highest BCUT2D eigenvalue weighted by Gasteiger charge is 2.23. The van der Waals surface area contributed by atoms with Crippen molar-refractivity contribution in [2.75, 3.05) is 0 Å². The Balaban J connectivity index is 2.89. The van der Waals surface area contributed by atoms with Crippen LogP contribution in [0.3, 0.4) is 0 Å². The number of carbonyl (C=O) groups is 1. The number of aliphatic carboxylic acids is 1. The van der Waals surface area contributed by atoms with Crippen molar-refractivity contribution in [1.29, 1.82) is 0 Å². The lowest BCUT2D eigenvalue weighted by Gasteiger charge is -2.15. The Bertz CT molecular complexity index is 343. The van der Waals surface area contributed by atoms with E-state index in [1.807, 2.05) is 0 Å². The van der Waals surface area contributed by atoms with Gasteiger partial charge in [0.25, 0.3) is 0 Å². The van der Waals surface area contributed by atoms with Crippen LogP contribution in [0.2, 0.25) is 5.02 Å². The molecule has 76 valence electrons. The highest BCUT2D eigenvalue weighted by Crippen LogP contribution is 2.18. The first kappa shape index (κ1) is 11.0. The van der Waals surface area contributed by atoms with Crippen molar-refractivity contribution in [2.24, 2.45) is 5.73 Å². The third-order valence-corrected chi connectivity index (χ3v) is 2.06. The first-order valence-electron chi connectivity index (χ1n) is 3.94. The standard InChI is InChI=1S/C9H10ClNO3/c10-6-3-1-2-5(4-6)7(11)8(12)9(13)14/h1-4,7-8,12H,11H2,(H,13,14)/t7-,8-/m0/s1. The molecule has 4 N–H and O–H groups in total. The van der Waals surface area contributed by atoms with Gasteiger partial charge >= 0.3 is 5.97 Å². The number of hydrogen-bond donors (Lipinski definition) is 3.